The summed E-state index contributed by atoms with van der Waals surface area (Å²) in [5.41, 5.74) is 1.98. The number of alkyl halides is 1. The van der Waals surface area contributed by atoms with Gasteiger partial charge in [0.25, 0.3) is 0 Å². The molecule has 2 nitrogen and oxygen atoms in total. The maximum atomic E-state index is 5.78. The van der Waals surface area contributed by atoms with Crippen LogP contribution in [0.25, 0.3) is 0 Å². The lowest BCUT2D eigenvalue weighted by molar-refractivity contribution is 0.102. The van der Waals surface area contributed by atoms with Gasteiger partial charge >= 0.3 is 0 Å². The minimum absolute atomic E-state index is 0.0161. The Hall–Kier alpha value is -0.730. The van der Waals surface area contributed by atoms with Crippen molar-refractivity contribution in [2.75, 3.05) is 5.88 Å². The average molecular weight is 230 g/mol. The second kappa shape index (κ2) is 4.20. The molecule has 0 N–H and O–H groups in total. The van der Waals surface area contributed by atoms with E-state index in [0.717, 1.165) is 22.7 Å². The standard InChI is InChI=1S/C10H9Cl2NO/c11-6-9-5-10(13-14-9)7-1-3-8(12)4-2-7/h1-4,9H,5-6H2. The highest BCUT2D eigenvalue weighted by molar-refractivity contribution is 6.30. The van der Waals surface area contributed by atoms with E-state index in [9.17, 15) is 0 Å². The lowest BCUT2D eigenvalue weighted by atomic mass is 10.1. The second-order valence-corrected chi connectivity index (χ2v) is 3.88. The molecule has 0 bridgehead atoms. The Morgan fingerprint density at radius 3 is 2.64 bits per heavy atom. The van der Waals surface area contributed by atoms with E-state index < -0.39 is 0 Å². The summed E-state index contributed by atoms with van der Waals surface area (Å²) in [6, 6.07) is 7.54. The fourth-order valence-corrected chi connectivity index (χ4v) is 1.62. The van der Waals surface area contributed by atoms with Gasteiger partial charge in [0.2, 0.25) is 0 Å². The van der Waals surface area contributed by atoms with E-state index in [1.54, 1.807) is 0 Å². The highest BCUT2D eigenvalue weighted by Crippen LogP contribution is 2.18. The molecule has 1 aliphatic rings. The van der Waals surface area contributed by atoms with Crippen LogP contribution >= 0.6 is 23.2 Å². The Kier molecular flexibility index (Phi) is 2.94. The lowest BCUT2D eigenvalue weighted by Crippen LogP contribution is -2.09. The van der Waals surface area contributed by atoms with E-state index in [2.05, 4.69) is 5.16 Å². The van der Waals surface area contributed by atoms with Crippen LogP contribution in [0.2, 0.25) is 5.02 Å². The van der Waals surface area contributed by atoms with Crippen LogP contribution in [-0.4, -0.2) is 17.7 Å². The molecule has 1 aromatic rings. The molecule has 1 atom stereocenters. The minimum atomic E-state index is 0.0161. The van der Waals surface area contributed by atoms with E-state index >= 15 is 0 Å². The van der Waals surface area contributed by atoms with Crippen LogP contribution < -0.4 is 0 Å². The Balaban J connectivity index is 2.13. The Morgan fingerprint density at radius 2 is 2.07 bits per heavy atom. The summed E-state index contributed by atoms with van der Waals surface area (Å²) in [4.78, 5) is 5.12. The van der Waals surface area contributed by atoms with Gasteiger partial charge in [-0.25, -0.2) is 0 Å². The minimum Gasteiger partial charge on any atom is -0.391 e. The monoisotopic (exact) mass is 229 g/mol. The molecule has 0 saturated heterocycles. The zero-order valence-corrected chi connectivity index (χ0v) is 8.92. The van der Waals surface area contributed by atoms with E-state index in [0.29, 0.717) is 5.88 Å². The molecular formula is C10H9Cl2NO. The van der Waals surface area contributed by atoms with E-state index in [1.165, 1.54) is 0 Å². The highest BCUT2D eigenvalue weighted by atomic mass is 35.5. The zero-order valence-electron chi connectivity index (χ0n) is 7.41. The molecule has 0 amide bonds. The predicted molar refractivity (Wildman–Crippen MR) is 58.2 cm³/mol. The molecule has 4 heteroatoms. The second-order valence-electron chi connectivity index (χ2n) is 3.13. The first-order valence-corrected chi connectivity index (χ1v) is 5.25. The fourth-order valence-electron chi connectivity index (χ4n) is 1.32. The fraction of sp³-hybridized carbons (Fsp3) is 0.300. The highest BCUT2D eigenvalue weighted by Gasteiger charge is 2.20. The number of hydrogen-bond acceptors (Lipinski definition) is 2. The molecular weight excluding hydrogens is 221 g/mol. The van der Waals surface area contributed by atoms with Gasteiger partial charge in [0, 0.05) is 11.4 Å². The van der Waals surface area contributed by atoms with Crippen molar-refractivity contribution in [1.29, 1.82) is 0 Å². The Labute approximate surface area is 92.5 Å². The molecule has 1 aromatic carbocycles. The Bertz CT molecular complexity index is 348. The van der Waals surface area contributed by atoms with Crippen molar-refractivity contribution < 1.29 is 4.84 Å². The van der Waals surface area contributed by atoms with Crippen LogP contribution in [0.3, 0.4) is 0 Å². The first-order valence-electron chi connectivity index (χ1n) is 4.34. The number of rotatable bonds is 2. The van der Waals surface area contributed by atoms with Crippen LogP contribution in [0, 0.1) is 0 Å². The molecule has 74 valence electrons. The van der Waals surface area contributed by atoms with Gasteiger partial charge in [-0.3, -0.25) is 0 Å². The third-order valence-corrected chi connectivity index (χ3v) is 2.68. The van der Waals surface area contributed by atoms with Crippen LogP contribution in [0.4, 0.5) is 0 Å². The third kappa shape index (κ3) is 2.02. The van der Waals surface area contributed by atoms with Crippen molar-refractivity contribution in [2.45, 2.75) is 12.5 Å². The van der Waals surface area contributed by atoms with Crippen LogP contribution in [0.1, 0.15) is 12.0 Å². The molecule has 1 aliphatic heterocycles. The molecule has 0 spiro atoms. The van der Waals surface area contributed by atoms with Crippen molar-refractivity contribution in [3.8, 4) is 0 Å². The van der Waals surface area contributed by atoms with Crippen LogP contribution in [0.5, 0.6) is 0 Å². The molecule has 14 heavy (non-hydrogen) atoms. The first kappa shape index (κ1) is 9.81. The average Bonchev–Trinajstić information content (AvgIpc) is 2.67. The van der Waals surface area contributed by atoms with Gasteiger partial charge in [-0.1, -0.05) is 28.9 Å². The normalized spacial score (nSPS) is 20.4. The lowest BCUT2D eigenvalue weighted by Gasteiger charge is -2.01. The summed E-state index contributed by atoms with van der Waals surface area (Å²) in [6.45, 7) is 0. The molecule has 0 aromatic heterocycles. The van der Waals surface area contributed by atoms with Gasteiger partial charge in [-0.15, -0.1) is 11.6 Å². The van der Waals surface area contributed by atoms with Crippen molar-refractivity contribution in [3.05, 3.63) is 34.9 Å². The van der Waals surface area contributed by atoms with Crippen molar-refractivity contribution >= 4 is 28.9 Å². The summed E-state index contributed by atoms with van der Waals surface area (Å²) in [5, 5.41) is 4.70. The summed E-state index contributed by atoms with van der Waals surface area (Å²) in [7, 11) is 0. The molecule has 1 heterocycles. The van der Waals surface area contributed by atoms with E-state index in [1.807, 2.05) is 24.3 Å². The van der Waals surface area contributed by atoms with E-state index in [4.69, 9.17) is 28.0 Å². The SMILES string of the molecule is ClCC1CC(c2ccc(Cl)cc2)=NO1. The van der Waals surface area contributed by atoms with Crippen molar-refractivity contribution in [3.63, 3.8) is 0 Å². The van der Waals surface area contributed by atoms with Crippen LogP contribution in [-0.2, 0) is 4.84 Å². The maximum absolute atomic E-state index is 5.78. The smallest absolute Gasteiger partial charge is 0.146 e. The first-order chi connectivity index (χ1) is 6.79. The molecule has 0 radical (unpaired) electrons. The van der Waals surface area contributed by atoms with Gasteiger partial charge in [0.1, 0.15) is 6.10 Å². The summed E-state index contributed by atoms with van der Waals surface area (Å²) in [6.07, 6.45) is 0.785. The van der Waals surface area contributed by atoms with E-state index in [-0.39, 0.29) is 6.10 Å². The number of hydrogen-bond donors (Lipinski definition) is 0. The van der Waals surface area contributed by atoms with Crippen LogP contribution in [0.15, 0.2) is 29.4 Å². The summed E-state index contributed by atoms with van der Waals surface area (Å²) >= 11 is 11.4. The molecule has 0 fully saturated rings. The van der Waals surface area contributed by atoms with Gasteiger partial charge in [0.15, 0.2) is 0 Å². The number of oxime groups is 1. The van der Waals surface area contributed by atoms with Gasteiger partial charge in [-0.05, 0) is 17.7 Å². The molecule has 1 unspecified atom stereocenters. The maximum Gasteiger partial charge on any atom is 0.146 e. The summed E-state index contributed by atoms with van der Waals surface area (Å²) in [5.74, 6) is 0.473. The van der Waals surface area contributed by atoms with Crippen molar-refractivity contribution in [1.82, 2.24) is 0 Å². The number of benzene rings is 1. The predicted octanol–water partition coefficient (Wildman–Crippen LogP) is 3.07. The van der Waals surface area contributed by atoms with Gasteiger partial charge < -0.3 is 4.84 Å². The van der Waals surface area contributed by atoms with Crippen molar-refractivity contribution in [2.24, 2.45) is 5.16 Å². The molecule has 2 rings (SSSR count). The van der Waals surface area contributed by atoms with Gasteiger partial charge in [0.05, 0.1) is 11.6 Å². The largest absolute Gasteiger partial charge is 0.391 e. The summed E-state index contributed by atoms with van der Waals surface area (Å²) < 4.78 is 0. The third-order valence-electron chi connectivity index (χ3n) is 2.08. The molecule has 0 aliphatic carbocycles. The quantitative estimate of drug-likeness (QED) is 0.715. The number of nitrogens with zero attached hydrogens (tertiary/aromatic N) is 1. The Morgan fingerprint density at radius 1 is 1.36 bits per heavy atom. The molecule has 0 saturated carbocycles. The number of halogens is 2. The zero-order chi connectivity index (χ0) is 9.97. The van der Waals surface area contributed by atoms with Gasteiger partial charge in [-0.2, -0.15) is 0 Å². The topological polar surface area (TPSA) is 21.6 Å².